The quantitative estimate of drug-likeness (QED) is 0.900. The first-order valence-electron chi connectivity index (χ1n) is 7.77. The molecule has 22 heavy (non-hydrogen) atoms. The second-order valence-corrected chi connectivity index (χ2v) is 6.96. The van der Waals surface area contributed by atoms with Crippen molar-refractivity contribution in [2.24, 2.45) is 5.41 Å². The van der Waals surface area contributed by atoms with Gasteiger partial charge in [0.05, 0.1) is 6.10 Å². The maximum absolute atomic E-state index is 12.4. The van der Waals surface area contributed by atoms with Gasteiger partial charge in [0.15, 0.2) is 0 Å². The zero-order chi connectivity index (χ0) is 16.3. The highest BCUT2D eigenvalue weighted by Gasteiger charge is 2.28. The van der Waals surface area contributed by atoms with Gasteiger partial charge in [-0.25, -0.2) is 9.97 Å². The average Bonchev–Trinajstić information content (AvgIpc) is 2.46. The van der Waals surface area contributed by atoms with E-state index in [0.717, 1.165) is 13.1 Å². The first-order valence-corrected chi connectivity index (χ1v) is 7.77. The fourth-order valence-corrected chi connectivity index (χ4v) is 2.39. The summed E-state index contributed by atoms with van der Waals surface area (Å²) >= 11 is 0. The molecule has 1 fully saturated rings. The van der Waals surface area contributed by atoms with E-state index in [1.807, 2.05) is 25.7 Å². The highest BCUT2D eigenvalue weighted by atomic mass is 16.3. The summed E-state index contributed by atoms with van der Waals surface area (Å²) in [6.07, 6.45) is 1.25. The molecule has 2 rings (SSSR count). The van der Waals surface area contributed by atoms with Crippen LogP contribution in [-0.4, -0.2) is 69.6 Å². The smallest absolute Gasteiger partial charge is 0.272 e. The van der Waals surface area contributed by atoms with E-state index in [9.17, 15) is 9.90 Å². The third-order valence-electron chi connectivity index (χ3n) is 4.09. The molecule has 1 atom stereocenters. The number of hydrogen-bond acceptors (Lipinski definition) is 5. The molecule has 1 unspecified atom stereocenters. The summed E-state index contributed by atoms with van der Waals surface area (Å²) in [5.41, 5.74) is 0.335. The summed E-state index contributed by atoms with van der Waals surface area (Å²) in [6.45, 7) is 11.4. The Kier molecular flexibility index (Phi) is 5.13. The third kappa shape index (κ3) is 4.24. The van der Waals surface area contributed by atoms with Crippen LogP contribution in [0.5, 0.6) is 0 Å². The molecule has 122 valence electrons. The van der Waals surface area contributed by atoms with Gasteiger partial charge in [-0.3, -0.25) is 9.69 Å². The second kappa shape index (κ2) is 6.71. The minimum atomic E-state index is -0.362. The fraction of sp³-hybridized carbons (Fsp3) is 0.688. The Morgan fingerprint density at radius 1 is 1.32 bits per heavy atom. The Morgan fingerprint density at radius 3 is 2.50 bits per heavy atom. The Balaban J connectivity index is 1.88. The Morgan fingerprint density at radius 2 is 1.95 bits per heavy atom. The third-order valence-corrected chi connectivity index (χ3v) is 4.09. The molecule has 1 saturated heterocycles. The molecule has 0 radical (unpaired) electrons. The number of carbonyl (C=O) groups is 1. The van der Waals surface area contributed by atoms with E-state index in [1.54, 1.807) is 19.2 Å². The average molecular weight is 306 g/mol. The Labute approximate surface area is 132 Å². The number of aryl methyl sites for hydroxylation is 1. The lowest BCUT2D eigenvalue weighted by atomic mass is 9.89. The van der Waals surface area contributed by atoms with Gasteiger partial charge >= 0.3 is 0 Å². The molecule has 0 spiro atoms. The number of nitrogens with zero attached hydrogens (tertiary/aromatic N) is 4. The SMILES string of the molecule is Cc1nccc(C(=O)N2CCN(CC(O)C(C)(C)C)CC2)n1. The van der Waals surface area contributed by atoms with E-state index in [1.165, 1.54) is 0 Å². The van der Waals surface area contributed by atoms with Crippen molar-refractivity contribution >= 4 is 5.91 Å². The highest BCUT2D eigenvalue weighted by molar-refractivity contribution is 5.92. The van der Waals surface area contributed by atoms with Crippen molar-refractivity contribution in [2.75, 3.05) is 32.7 Å². The maximum Gasteiger partial charge on any atom is 0.272 e. The minimum Gasteiger partial charge on any atom is -0.391 e. The molecule has 1 N–H and O–H groups in total. The van der Waals surface area contributed by atoms with Gasteiger partial charge in [0.25, 0.3) is 5.91 Å². The zero-order valence-corrected chi connectivity index (χ0v) is 13.9. The van der Waals surface area contributed by atoms with Gasteiger partial charge in [0.2, 0.25) is 0 Å². The van der Waals surface area contributed by atoms with Gasteiger partial charge in [-0.05, 0) is 18.4 Å². The lowest BCUT2D eigenvalue weighted by Gasteiger charge is -2.37. The van der Waals surface area contributed by atoms with Crippen LogP contribution in [0.15, 0.2) is 12.3 Å². The number of piperazine rings is 1. The van der Waals surface area contributed by atoms with Gasteiger partial charge in [0, 0.05) is 38.9 Å². The molecule has 0 saturated carbocycles. The topological polar surface area (TPSA) is 69.6 Å². The van der Waals surface area contributed by atoms with Crippen molar-refractivity contribution in [2.45, 2.75) is 33.8 Å². The van der Waals surface area contributed by atoms with Crippen LogP contribution < -0.4 is 0 Å². The van der Waals surface area contributed by atoms with E-state index in [4.69, 9.17) is 0 Å². The number of amides is 1. The summed E-state index contributed by atoms with van der Waals surface area (Å²) in [4.78, 5) is 24.7. The van der Waals surface area contributed by atoms with Crippen molar-refractivity contribution in [1.82, 2.24) is 19.8 Å². The number of aliphatic hydroxyl groups is 1. The number of aromatic nitrogens is 2. The molecular formula is C16H26N4O2. The van der Waals surface area contributed by atoms with Gasteiger partial charge in [0.1, 0.15) is 11.5 Å². The van der Waals surface area contributed by atoms with E-state index in [0.29, 0.717) is 31.2 Å². The van der Waals surface area contributed by atoms with Crippen LogP contribution in [-0.2, 0) is 0 Å². The summed E-state index contributed by atoms with van der Waals surface area (Å²) in [6, 6.07) is 1.66. The summed E-state index contributed by atoms with van der Waals surface area (Å²) in [5, 5.41) is 10.2. The number of aliphatic hydroxyl groups excluding tert-OH is 1. The predicted octanol–water partition coefficient (Wildman–Crippen LogP) is 0.950. The van der Waals surface area contributed by atoms with Gasteiger partial charge in [-0.2, -0.15) is 0 Å². The molecule has 0 bridgehead atoms. The monoisotopic (exact) mass is 306 g/mol. The van der Waals surface area contributed by atoms with Crippen molar-refractivity contribution in [3.8, 4) is 0 Å². The normalized spacial score (nSPS) is 18.3. The Hall–Kier alpha value is -1.53. The largest absolute Gasteiger partial charge is 0.391 e. The molecule has 1 aromatic rings. The van der Waals surface area contributed by atoms with E-state index in [-0.39, 0.29) is 17.4 Å². The second-order valence-electron chi connectivity index (χ2n) is 6.96. The molecule has 1 aromatic heterocycles. The lowest BCUT2D eigenvalue weighted by Crippen LogP contribution is -2.51. The summed E-state index contributed by atoms with van der Waals surface area (Å²) < 4.78 is 0. The number of β-amino-alcohol motifs (C(OH)–C–C–N with tert-alkyl or cyclic N) is 1. The first kappa shape index (κ1) is 16.8. The molecule has 0 aromatic carbocycles. The molecule has 1 amide bonds. The first-order chi connectivity index (χ1) is 10.3. The minimum absolute atomic E-state index is 0.0403. The van der Waals surface area contributed by atoms with Crippen LogP contribution in [0.25, 0.3) is 0 Å². The van der Waals surface area contributed by atoms with Crippen LogP contribution in [0.2, 0.25) is 0 Å². The molecule has 1 aliphatic rings. The van der Waals surface area contributed by atoms with E-state index in [2.05, 4.69) is 14.9 Å². The molecule has 1 aliphatic heterocycles. The van der Waals surface area contributed by atoms with Crippen LogP contribution in [0.3, 0.4) is 0 Å². The number of hydrogen-bond donors (Lipinski definition) is 1. The van der Waals surface area contributed by atoms with E-state index >= 15 is 0 Å². The molecular weight excluding hydrogens is 280 g/mol. The van der Waals surface area contributed by atoms with Crippen molar-refractivity contribution < 1.29 is 9.90 Å². The molecule has 2 heterocycles. The maximum atomic E-state index is 12.4. The predicted molar refractivity (Wildman–Crippen MR) is 84.6 cm³/mol. The molecule has 0 aliphatic carbocycles. The van der Waals surface area contributed by atoms with Crippen LogP contribution in [0, 0.1) is 12.3 Å². The zero-order valence-electron chi connectivity index (χ0n) is 13.9. The summed E-state index contributed by atoms with van der Waals surface area (Å²) in [5.74, 6) is 0.569. The molecule has 6 heteroatoms. The summed E-state index contributed by atoms with van der Waals surface area (Å²) in [7, 11) is 0. The molecule has 6 nitrogen and oxygen atoms in total. The van der Waals surface area contributed by atoms with Gasteiger partial charge < -0.3 is 10.0 Å². The van der Waals surface area contributed by atoms with Crippen LogP contribution >= 0.6 is 0 Å². The Bertz CT molecular complexity index is 519. The number of carbonyl (C=O) groups excluding carboxylic acids is 1. The lowest BCUT2D eigenvalue weighted by molar-refractivity contribution is 0.0136. The van der Waals surface area contributed by atoms with Gasteiger partial charge in [-0.15, -0.1) is 0 Å². The van der Waals surface area contributed by atoms with E-state index < -0.39 is 0 Å². The van der Waals surface area contributed by atoms with Crippen molar-refractivity contribution in [1.29, 1.82) is 0 Å². The standard InChI is InChI=1S/C16H26N4O2/c1-12-17-6-5-13(18-12)15(22)20-9-7-19(8-10-20)11-14(21)16(2,3)4/h5-6,14,21H,7-11H2,1-4H3. The fourth-order valence-electron chi connectivity index (χ4n) is 2.39. The van der Waals surface area contributed by atoms with Crippen molar-refractivity contribution in [3.63, 3.8) is 0 Å². The highest BCUT2D eigenvalue weighted by Crippen LogP contribution is 2.20. The van der Waals surface area contributed by atoms with Crippen LogP contribution in [0.4, 0.5) is 0 Å². The van der Waals surface area contributed by atoms with Gasteiger partial charge in [-0.1, -0.05) is 20.8 Å². The van der Waals surface area contributed by atoms with Crippen LogP contribution in [0.1, 0.15) is 37.1 Å². The number of rotatable bonds is 3. The van der Waals surface area contributed by atoms with Crippen molar-refractivity contribution in [3.05, 3.63) is 23.8 Å².